The van der Waals surface area contributed by atoms with Crippen molar-refractivity contribution in [1.29, 1.82) is 0 Å². The Bertz CT molecular complexity index is 545. The van der Waals surface area contributed by atoms with Gasteiger partial charge in [0, 0.05) is 18.8 Å². The molecular formula is C15H17FN2O. The molecule has 1 atom stereocenters. The summed E-state index contributed by atoms with van der Waals surface area (Å²) in [6.07, 6.45) is 2.86. The lowest BCUT2D eigenvalue weighted by Gasteiger charge is -2.15. The van der Waals surface area contributed by atoms with Crippen molar-refractivity contribution in [1.82, 2.24) is 10.3 Å². The van der Waals surface area contributed by atoms with Gasteiger partial charge in [0.25, 0.3) is 0 Å². The minimum Gasteiger partial charge on any atom is -0.497 e. The summed E-state index contributed by atoms with van der Waals surface area (Å²) < 4.78 is 18.2. The van der Waals surface area contributed by atoms with Crippen molar-refractivity contribution in [3.05, 3.63) is 59.7 Å². The smallest absolute Gasteiger partial charge is 0.141 e. The minimum absolute atomic E-state index is 0.151. The molecule has 3 nitrogen and oxygen atoms in total. The number of rotatable bonds is 5. The van der Waals surface area contributed by atoms with Gasteiger partial charge < -0.3 is 10.1 Å². The molecule has 0 bridgehead atoms. The largest absolute Gasteiger partial charge is 0.497 e. The number of aromatic nitrogens is 1. The monoisotopic (exact) mass is 260 g/mol. The fourth-order valence-corrected chi connectivity index (χ4v) is 1.85. The lowest BCUT2D eigenvalue weighted by Crippen LogP contribution is -2.18. The van der Waals surface area contributed by atoms with Crippen LogP contribution in [0.1, 0.15) is 24.1 Å². The highest BCUT2D eigenvalue weighted by Crippen LogP contribution is 2.19. The second-order valence-electron chi connectivity index (χ2n) is 4.39. The third-order valence-electron chi connectivity index (χ3n) is 2.97. The molecule has 19 heavy (non-hydrogen) atoms. The summed E-state index contributed by atoms with van der Waals surface area (Å²) in [4.78, 5) is 3.83. The van der Waals surface area contributed by atoms with Gasteiger partial charge in [-0.15, -0.1) is 0 Å². The second-order valence-corrected chi connectivity index (χ2v) is 4.39. The van der Waals surface area contributed by atoms with E-state index in [0.717, 1.165) is 16.9 Å². The van der Waals surface area contributed by atoms with E-state index in [1.54, 1.807) is 13.3 Å². The highest BCUT2D eigenvalue weighted by Gasteiger charge is 2.06. The zero-order chi connectivity index (χ0) is 13.7. The first-order valence-corrected chi connectivity index (χ1v) is 6.16. The number of methoxy groups -OCH3 is 1. The zero-order valence-corrected chi connectivity index (χ0v) is 11.1. The van der Waals surface area contributed by atoms with Crippen LogP contribution in [0.25, 0.3) is 0 Å². The van der Waals surface area contributed by atoms with Gasteiger partial charge in [-0.25, -0.2) is 4.39 Å². The predicted octanol–water partition coefficient (Wildman–Crippen LogP) is 3.08. The fraction of sp³-hybridized carbons (Fsp3) is 0.267. The molecule has 100 valence electrons. The molecule has 1 aromatic carbocycles. The van der Waals surface area contributed by atoms with Crippen LogP contribution in [0.15, 0.2) is 42.7 Å². The zero-order valence-electron chi connectivity index (χ0n) is 11.1. The molecule has 1 aromatic heterocycles. The maximum atomic E-state index is 13.0. The summed E-state index contributed by atoms with van der Waals surface area (Å²) in [5.74, 6) is 0.520. The number of nitrogens with one attached hydrogen (secondary N) is 1. The van der Waals surface area contributed by atoms with E-state index >= 15 is 0 Å². The molecule has 0 saturated heterocycles. The summed E-state index contributed by atoms with van der Waals surface area (Å²) in [7, 11) is 1.65. The van der Waals surface area contributed by atoms with Gasteiger partial charge in [-0.2, -0.15) is 0 Å². The number of pyridine rings is 1. The van der Waals surface area contributed by atoms with Crippen molar-refractivity contribution in [2.45, 2.75) is 19.5 Å². The van der Waals surface area contributed by atoms with Crippen LogP contribution in [0.3, 0.4) is 0 Å². The van der Waals surface area contributed by atoms with E-state index in [1.807, 2.05) is 24.3 Å². The number of hydrogen-bond donors (Lipinski definition) is 1. The summed E-state index contributed by atoms with van der Waals surface area (Å²) >= 11 is 0. The average molecular weight is 260 g/mol. The van der Waals surface area contributed by atoms with Gasteiger partial charge in [-0.05, 0) is 36.2 Å². The van der Waals surface area contributed by atoms with E-state index in [1.165, 1.54) is 12.3 Å². The fourth-order valence-electron chi connectivity index (χ4n) is 1.85. The third-order valence-corrected chi connectivity index (χ3v) is 2.97. The Morgan fingerprint density at radius 3 is 2.89 bits per heavy atom. The van der Waals surface area contributed by atoms with Gasteiger partial charge >= 0.3 is 0 Å². The van der Waals surface area contributed by atoms with Crippen LogP contribution in [0.4, 0.5) is 4.39 Å². The molecule has 0 spiro atoms. The molecule has 0 aliphatic carbocycles. The van der Waals surface area contributed by atoms with Gasteiger partial charge in [-0.3, -0.25) is 4.98 Å². The Morgan fingerprint density at radius 2 is 2.16 bits per heavy atom. The van der Waals surface area contributed by atoms with Crippen LogP contribution < -0.4 is 10.1 Å². The molecule has 0 saturated carbocycles. The first-order chi connectivity index (χ1) is 9.19. The molecule has 2 rings (SSSR count). The Hall–Kier alpha value is -1.94. The summed E-state index contributed by atoms with van der Waals surface area (Å²) in [5, 5.41) is 3.33. The molecule has 0 fully saturated rings. The number of halogens is 1. The molecule has 0 amide bonds. The Labute approximate surface area is 112 Å². The lowest BCUT2D eigenvalue weighted by molar-refractivity contribution is 0.413. The molecule has 0 unspecified atom stereocenters. The Balaban J connectivity index is 1.99. The van der Waals surface area contributed by atoms with Crippen LogP contribution in [0.2, 0.25) is 0 Å². The molecule has 1 N–H and O–H groups in total. The molecule has 1 heterocycles. The maximum Gasteiger partial charge on any atom is 0.141 e. The molecule has 0 aliphatic rings. The summed E-state index contributed by atoms with van der Waals surface area (Å²) in [6, 6.07) is 9.52. The minimum atomic E-state index is -0.312. The van der Waals surface area contributed by atoms with Gasteiger partial charge in [-0.1, -0.05) is 12.1 Å². The molecular weight excluding hydrogens is 243 g/mol. The van der Waals surface area contributed by atoms with Crippen molar-refractivity contribution in [3.8, 4) is 5.75 Å². The van der Waals surface area contributed by atoms with E-state index in [0.29, 0.717) is 6.54 Å². The Kier molecular flexibility index (Phi) is 4.47. The van der Waals surface area contributed by atoms with E-state index in [2.05, 4.69) is 17.2 Å². The van der Waals surface area contributed by atoms with Gasteiger partial charge in [0.05, 0.1) is 13.3 Å². The lowest BCUT2D eigenvalue weighted by atomic mass is 10.1. The number of hydrogen-bond acceptors (Lipinski definition) is 3. The van der Waals surface area contributed by atoms with Crippen molar-refractivity contribution in [3.63, 3.8) is 0 Å². The van der Waals surface area contributed by atoms with Crippen LogP contribution >= 0.6 is 0 Å². The quantitative estimate of drug-likeness (QED) is 0.897. The van der Waals surface area contributed by atoms with E-state index in [9.17, 15) is 4.39 Å². The number of nitrogens with zero attached hydrogens (tertiary/aromatic N) is 1. The van der Waals surface area contributed by atoms with Gasteiger partial charge in [0.2, 0.25) is 0 Å². The van der Waals surface area contributed by atoms with E-state index < -0.39 is 0 Å². The first kappa shape index (κ1) is 13.5. The van der Waals surface area contributed by atoms with Crippen LogP contribution in [0.5, 0.6) is 5.75 Å². The van der Waals surface area contributed by atoms with Crippen LogP contribution in [0, 0.1) is 5.82 Å². The van der Waals surface area contributed by atoms with Crippen molar-refractivity contribution >= 4 is 0 Å². The topological polar surface area (TPSA) is 34.1 Å². The predicted molar refractivity (Wildman–Crippen MR) is 72.4 cm³/mol. The molecule has 2 aromatic rings. The molecule has 0 radical (unpaired) electrons. The van der Waals surface area contributed by atoms with Crippen molar-refractivity contribution in [2.24, 2.45) is 0 Å². The summed E-state index contributed by atoms with van der Waals surface area (Å²) in [5.41, 5.74) is 1.96. The highest BCUT2D eigenvalue weighted by molar-refractivity contribution is 5.30. The van der Waals surface area contributed by atoms with Gasteiger partial charge in [0.1, 0.15) is 11.6 Å². The SMILES string of the molecule is COc1cccc([C@@H](C)NCc2cncc(F)c2)c1. The highest BCUT2D eigenvalue weighted by atomic mass is 19.1. The normalized spacial score (nSPS) is 12.2. The Morgan fingerprint density at radius 1 is 1.32 bits per heavy atom. The van der Waals surface area contributed by atoms with Gasteiger partial charge in [0.15, 0.2) is 0 Å². The number of ether oxygens (including phenoxy) is 1. The first-order valence-electron chi connectivity index (χ1n) is 6.16. The van der Waals surface area contributed by atoms with Crippen molar-refractivity contribution < 1.29 is 9.13 Å². The number of benzene rings is 1. The van der Waals surface area contributed by atoms with Crippen LogP contribution in [-0.2, 0) is 6.54 Å². The maximum absolute atomic E-state index is 13.0. The second kappa shape index (κ2) is 6.29. The van der Waals surface area contributed by atoms with E-state index in [-0.39, 0.29) is 11.9 Å². The molecule has 4 heteroatoms. The third kappa shape index (κ3) is 3.76. The van der Waals surface area contributed by atoms with Crippen LogP contribution in [-0.4, -0.2) is 12.1 Å². The van der Waals surface area contributed by atoms with Crippen molar-refractivity contribution in [2.75, 3.05) is 7.11 Å². The average Bonchev–Trinajstić information content (AvgIpc) is 2.45. The summed E-state index contributed by atoms with van der Waals surface area (Å²) in [6.45, 7) is 2.63. The van der Waals surface area contributed by atoms with E-state index in [4.69, 9.17) is 4.74 Å². The molecule has 0 aliphatic heterocycles. The standard InChI is InChI=1S/C15H17FN2O/c1-11(13-4-3-5-15(7-13)19-2)18-9-12-6-14(16)10-17-8-12/h3-8,10-11,18H,9H2,1-2H3/t11-/m1/s1.